The molecule has 1 unspecified atom stereocenters. The molecule has 0 aliphatic carbocycles. The van der Waals surface area contributed by atoms with E-state index in [4.69, 9.17) is 0 Å². The predicted molar refractivity (Wildman–Crippen MR) is 77.3 cm³/mol. The van der Waals surface area contributed by atoms with Crippen LogP contribution >= 0.6 is 0 Å². The minimum atomic E-state index is -0.605. The van der Waals surface area contributed by atoms with Gasteiger partial charge in [-0.2, -0.15) is 5.10 Å². The molecule has 1 heterocycles. The number of nitrogens with zero attached hydrogens (tertiary/aromatic N) is 2. The molecular weight excluding hydrogens is 236 g/mol. The monoisotopic (exact) mass is 258 g/mol. The van der Waals surface area contributed by atoms with Crippen molar-refractivity contribution < 1.29 is 5.11 Å². The maximum absolute atomic E-state index is 10.5. The van der Waals surface area contributed by atoms with E-state index in [1.165, 1.54) is 11.1 Å². The van der Waals surface area contributed by atoms with E-state index in [0.717, 1.165) is 16.7 Å². The van der Waals surface area contributed by atoms with Crippen molar-refractivity contribution >= 4 is 0 Å². The van der Waals surface area contributed by atoms with Gasteiger partial charge in [-0.1, -0.05) is 12.1 Å². The van der Waals surface area contributed by atoms with Gasteiger partial charge in [0.05, 0.1) is 6.20 Å². The second kappa shape index (κ2) is 5.17. The van der Waals surface area contributed by atoms with E-state index in [2.05, 4.69) is 44.9 Å². The summed E-state index contributed by atoms with van der Waals surface area (Å²) in [6.45, 7) is 10.4. The van der Waals surface area contributed by atoms with Crippen molar-refractivity contribution in [2.45, 2.75) is 46.8 Å². The molecule has 2 rings (SSSR count). The minimum Gasteiger partial charge on any atom is -0.384 e. The molecule has 0 saturated heterocycles. The molecule has 1 aromatic carbocycles. The van der Waals surface area contributed by atoms with Gasteiger partial charge in [0.1, 0.15) is 6.10 Å². The second-order valence-electron chi connectivity index (χ2n) is 5.54. The molecule has 0 saturated carbocycles. The molecular formula is C16H22N2O. The first-order chi connectivity index (χ1) is 8.90. The molecule has 0 radical (unpaired) electrons. The quantitative estimate of drug-likeness (QED) is 0.915. The maximum Gasteiger partial charge on any atom is 0.107 e. The number of hydrogen-bond acceptors (Lipinski definition) is 2. The lowest BCUT2D eigenvalue weighted by Gasteiger charge is -2.15. The van der Waals surface area contributed by atoms with Crippen molar-refractivity contribution in [3.05, 3.63) is 52.3 Å². The Morgan fingerprint density at radius 3 is 2.26 bits per heavy atom. The maximum atomic E-state index is 10.5. The Hall–Kier alpha value is -1.61. The first-order valence-corrected chi connectivity index (χ1v) is 6.70. The molecule has 19 heavy (non-hydrogen) atoms. The molecule has 0 spiro atoms. The van der Waals surface area contributed by atoms with Gasteiger partial charge < -0.3 is 5.11 Å². The Kier molecular flexibility index (Phi) is 3.76. The van der Waals surface area contributed by atoms with Crippen LogP contribution in [0.1, 0.15) is 53.8 Å². The normalized spacial score (nSPS) is 13.0. The highest BCUT2D eigenvalue weighted by Crippen LogP contribution is 2.27. The lowest BCUT2D eigenvalue weighted by molar-refractivity contribution is 0.219. The molecule has 0 aliphatic heterocycles. The van der Waals surface area contributed by atoms with Crippen molar-refractivity contribution in [3.8, 4) is 0 Å². The van der Waals surface area contributed by atoms with Gasteiger partial charge in [0.25, 0.3) is 0 Å². The lowest BCUT2D eigenvalue weighted by Crippen LogP contribution is -2.03. The smallest absolute Gasteiger partial charge is 0.107 e. The van der Waals surface area contributed by atoms with Crippen molar-refractivity contribution in [2.24, 2.45) is 0 Å². The summed E-state index contributed by atoms with van der Waals surface area (Å²) < 4.78 is 1.87. The highest BCUT2D eigenvalue weighted by molar-refractivity contribution is 5.40. The minimum absolute atomic E-state index is 0.307. The highest BCUT2D eigenvalue weighted by Gasteiger charge is 2.16. The topological polar surface area (TPSA) is 38.1 Å². The number of aryl methyl sites for hydroxylation is 3. The Balaban J connectivity index is 2.38. The zero-order valence-electron chi connectivity index (χ0n) is 12.3. The van der Waals surface area contributed by atoms with Crippen LogP contribution in [0, 0.1) is 20.8 Å². The Morgan fingerprint density at radius 1 is 1.05 bits per heavy atom. The zero-order valence-corrected chi connectivity index (χ0v) is 12.3. The van der Waals surface area contributed by atoms with Crippen LogP contribution in [0.5, 0.6) is 0 Å². The first kappa shape index (κ1) is 13.8. The van der Waals surface area contributed by atoms with Crippen LogP contribution in [-0.4, -0.2) is 14.9 Å². The van der Waals surface area contributed by atoms with Crippen LogP contribution in [0.3, 0.4) is 0 Å². The largest absolute Gasteiger partial charge is 0.384 e. The fourth-order valence-electron chi connectivity index (χ4n) is 2.23. The molecule has 0 bridgehead atoms. The number of hydrogen-bond donors (Lipinski definition) is 1. The number of aliphatic hydroxyl groups excluding tert-OH is 1. The molecule has 3 nitrogen and oxygen atoms in total. The summed E-state index contributed by atoms with van der Waals surface area (Å²) in [5.41, 5.74) is 5.39. The third-order valence-corrected chi connectivity index (χ3v) is 3.64. The zero-order chi connectivity index (χ0) is 14.2. The molecule has 1 atom stereocenters. The van der Waals surface area contributed by atoms with E-state index in [-0.39, 0.29) is 0 Å². The summed E-state index contributed by atoms with van der Waals surface area (Å²) in [7, 11) is 0. The fraction of sp³-hybridized carbons (Fsp3) is 0.438. The third kappa shape index (κ3) is 2.71. The van der Waals surface area contributed by atoms with Crippen LogP contribution in [0.4, 0.5) is 0 Å². The number of aliphatic hydroxyl groups is 1. The van der Waals surface area contributed by atoms with E-state index < -0.39 is 6.10 Å². The third-order valence-electron chi connectivity index (χ3n) is 3.64. The first-order valence-electron chi connectivity index (χ1n) is 6.70. The van der Waals surface area contributed by atoms with Crippen molar-refractivity contribution in [3.63, 3.8) is 0 Å². The van der Waals surface area contributed by atoms with Gasteiger partial charge in [-0.15, -0.1) is 0 Å². The van der Waals surface area contributed by atoms with E-state index in [9.17, 15) is 5.11 Å². The van der Waals surface area contributed by atoms with Gasteiger partial charge in [0.15, 0.2) is 0 Å². The molecule has 0 amide bonds. The molecule has 102 valence electrons. The van der Waals surface area contributed by atoms with E-state index >= 15 is 0 Å². The average Bonchev–Trinajstić information content (AvgIpc) is 2.82. The van der Waals surface area contributed by atoms with Gasteiger partial charge in [0.2, 0.25) is 0 Å². The highest BCUT2D eigenvalue weighted by atomic mass is 16.3. The lowest BCUT2D eigenvalue weighted by atomic mass is 9.95. The Bertz CT molecular complexity index is 584. The van der Waals surface area contributed by atoms with Crippen molar-refractivity contribution in [2.75, 3.05) is 0 Å². The molecule has 0 aliphatic rings. The van der Waals surface area contributed by atoms with Gasteiger partial charge >= 0.3 is 0 Å². The summed E-state index contributed by atoms with van der Waals surface area (Å²) in [6.07, 6.45) is 3.07. The van der Waals surface area contributed by atoms with Crippen molar-refractivity contribution in [1.82, 2.24) is 9.78 Å². The van der Waals surface area contributed by atoms with Crippen LogP contribution < -0.4 is 0 Å². The number of aromatic nitrogens is 2. The second-order valence-corrected chi connectivity index (χ2v) is 5.54. The molecule has 0 fully saturated rings. The predicted octanol–water partition coefficient (Wildman–Crippen LogP) is 3.47. The van der Waals surface area contributed by atoms with Crippen molar-refractivity contribution in [1.29, 1.82) is 0 Å². The summed E-state index contributed by atoms with van der Waals surface area (Å²) in [5.74, 6) is 0. The van der Waals surface area contributed by atoms with Crippen LogP contribution in [0.25, 0.3) is 0 Å². The SMILES string of the molecule is Cc1cc(C)c(C(O)c2cnn(C(C)C)c2)cc1C. The molecule has 1 aromatic heterocycles. The average molecular weight is 258 g/mol. The van der Waals surface area contributed by atoms with Gasteiger partial charge in [0, 0.05) is 17.8 Å². The standard InChI is InChI=1S/C16H22N2O/c1-10(2)18-9-14(8-17-18)16(19)15-7-12(4)11(3)6-13(15)5/h6-10,16,19H,1-5H3. The van der Waals surface area contributed by atoms with Gasteiger partial charge in [-0.05, 0) is 56.9 Å². The van der Waals surface area contributed by atoms with Gasteiger partial charge in [-0.25, -0.2) is 0 Å². The van der Waals surface area contributed by atoms with Crippen LogP contribution in [0.15, 0.2) is 24.5 Å². The van der Waals surface area contributed by atoms with E-state index in [0.29, 0.717) is 6.04 Å². The summed E-state index contributed by atoms with van der Waals surface area (Å²) >= 11 is 0. The molecule has 1 N–H and O–H groups in total. The van der Waals surface area contributed by atoms with Crippen LogP contribution in [-0.2, 0) is 0 Å². The summed E-state index contributed by atoms with van der Waals surface area (Å²) in [6, 6.07) is 4.50. The summed E-state index contributed by atoms with van der Waals surface area (Å²) in [4.78, 5) is 0. The van der Waals surface area contributed by atoms with E-state index in [1.54, 1.807) is 6.20 Å². The Morgan fingerprint density at radius 2 is 1.68 bits per heavy atom. The van der Waals surface area contributed by atoms with Crippen LogP contribution in [0.2, 0.25) is 0 Å². The molecule has 3 heteroatoms. The fourth-order valence-corrected chi connectivity index (χ4v) is 2.23. The number of benzene rings is 1. The molecule has 2 aromatic rings. The summed E-state index contributed by atoms with van der Waals surface area (Å²) in [5, 5.41) is 14.8. The van der Waals surface area contributed by atoms with Gasteiger partial charge in [-0.3, -0.25) is 4.68 Å². The number of rotatable bonds is 3. The van der Waals surface area contributed by atoms with E-state index in [1.807, 2.05) is 17.8 Å². The Labute approximate surface area is 114 Å².